The number of pyridine rings is 1. The van der Waals surface area contributed by atoms with Gasteiger partial charge in [-0.1, -0.05) is 6.07 Å². The van der Waals surface area contributed by atoms with Crippen LogP contribution < -0.4 is 4.74 Å². The summed E-state index contributed by atoms with van der Waals surface area (Å²) >= 11 is 0. The smallest absolute Gasteiger partial charge is 0.272 e. The first-order valence-electron chi connectivity index (χ1n) is 8.01. The number of hydrogen-bond acceptors (Lipinski definition) is 5. The van der Waals surface area contributed by atoms with E-state index in [1.165, 1.54) is 0 Å². The van der Waals surface area contributed by atoms with Gasteiger partial charge in [-0.2, -0.15) is 5.10 Å². The average molecular weight is 330 g/mol. The summed E-state index contributed by atoms with van der Waals surface area (Å²) in [7, 11) is 1.78. The van der Waals surface area contributed by atoms with E-state index in [1.54, 1.807) is 22.7 Å². The van der Waals surface area contributed by atoms with Gasteiger partial charge in [0.2, 0.25) is 5.88 Å². The molecule has 0 bridgehead atoms. The van der Waals surface area contributed by atoms with Crippen molar-refractivity contribution in [2.24, 2.45) is 7.05 Å². The predicted molar refractivity (Wildman–Crippen MR) is 88.1 cm³/mol. The van der Waals surface area contributed by atoms with Crippen LogP contribution in [0.4, 0.5) is 0 Å². The van der Waals surface area contributed by atoms with Crippen LogP contribution in [0.2, 0.25) is 0 Å². The lowest BCUT2D eigenvalue weighted by Crippen LogP contribution is -2.40. The normalized spacial score (nSPS) is 18.3. The highest BCUT2D eigenvalue weighted by Crippen LogP contribution is 2.14. The summed E-state index contributed by atoms with van der Waals surface area (Å²) in [5, 5.41) is 4.24. The highest BCUT2D eigenvalue weighted by molar-refractivity contribution is 5.92. The van der Waals surface area contributed by atoms with Gasteiger partial charge in [0.25, 0.3) is 5.91 Å². The molecule has 0 N–H and O–H groups in total. The zero-order valence-corrected chi connectivity index (χ0v) is 14.2. The molecule has 0 spiro atoms. The SMILES string of the molecule is Cc1cccc(O[C@H]2COCCN(C(=O)c3cc(C)nn3C)C2)n1. The van der Waals surface area contributed by atoms with E-state index >= 15 is 0 Å². The summed E-state index contributed by atoms with van der Waals surface area (Å²) in [6.07, 6.45) is -0.250. The molecule has 7 heteroatoms. The van der Waals surface area contributed by atoms with E-state index in [1.807, 2.05) is 32.0 Å². The maximum atomic E-state index is 12.8. The minimum absolute atomic E-state index is 0.0607. The summed E-state index contributed by atoms with van der Waals surface area (Å²) in [6, 6.07) is 7.42. The van der Waals surface area contributed by atoms with Crippen LogP contribution in [0.3, 0.4) is 0 Å². The summed E-state index contributed by atoms with van der Waals surface area (Å²) in [5.41, 5.74) is 2.28. The fraction of sp³-hybridized carbons (Fsp3) is 0.471. The molecule has 1 saturated heterocycles. The number of rotatable bonds is 3. The Balaban J connectivity index is 1.72. The first kappa shape index (κ1) is 16.4. The van der Waals surface area contributed by atoms with E-state index in [9.17, 15) is 4.79 Å². The molecule has 0 aliphatic carbocycles. The number of aryl methyl sites for hydroxylation is 3. The number of carbonyl (C=O) groups excluding carboxylic acids is 1. The maximum Gasteiger partial charge on any atom is 0.272 e. The van der Waals surface area contributed by atoms with Gasteiger partial charge in [-0.25, -0.2) is 4.98 Å². The number of carbonyl (C=O) groups is 1. The van der Waals surface area contributed by atoms with Crippen molar-refractivity contribution >= 4 is 5.91 Å². The zero-order chi connectivity index (χ0) is 17.1. The van der Waals surface area contributed by atoms with Crippen LogP contribution in [0, 0.1) is 13.8 Å². The molecule has 1 amide bonds. The van der Waals surface area contributed by atoms with Crippen molar-refractivity contribution < 1.29 is 14.3 Å². The fourth-order valence-electron chi connectivity index (χ4n) is 2.76. The van der Waals surface area contributed by atoms with Crippen molar-refractivity contribution in [1.29, 1.82) is 0 Å². The van der Waals surface area contributed by atoms with E-state index in [2.05, 4.69) is 10.1 Å². The minimum Gasteiger partial charge on any atom is -0.470 e. The van der Waals surface area contributed by atoms with Crippen LogP contribution in [-0.2, 0) is 11.8 Å². The summed E-state index contributed by atoms with van der Waals surface area (Å²) in [4.78, 5) is 18.9. The van der Waals surface area contributed by atoms with Crippen molar-refractivity contribution in [2.45, 2.75) is 20.0 Å². The van der Waals surface area contributed by atoms with Gasteiger partial charge < -0.3 is 14.4 Å². The summed E-state index contributed by atoms with van der Waals surface area (Å²) in [6.45, 7) is 5.70. The van der Waals surface area contributed by atoms with Crippen molar-refractivity contribution in [3.8, 4) is 5.88 Å². The Hall–Kier alpha value is -2.41. The quantitative estimate of drug-likeness (QED) is 0.850. The fourth-order valence-corrected chi connectivity index (χ4v) is 2.76. The number of ether oxygens (including phenoxy) is 2. The molecule has 3 heterocycles. The summed E-state index contributed by atoms with van der Waals surface area (Å²) in [5.74, 6) is 0.490. The van der Waals surface area contributed by atoms with Gasteiger partial charge in [0, 0.05) is 25.4 Å². The van der Waals surface area contributed by atoms with Gasteiger partial charge in [-0.15, -0.1) is 0 Å². The van der Waals surface area contributed by atoms with Crippen molar-refractivity contribution in [1.82, 2.24) is 19.7 Å². The number of nitrogens with zero attached hydrogens (tertiary/aromatic N) is 4. The molecule has 0 radical (unpaired) electrons. The second-order valence-corrected chi connectivity index (χ2v) is 5.98. The first-order valence-corrected chi connectivity index (χ1v) is 8.01. The van der Waals surface area contributed by atoms with Crippen LogP contribution in [0.1, 0.15) is 21.9 Å². The topological polar surface area (TPSA) is 69.5 Å². The van der Waals surface area contributed by atoms with Gasteiger partial charge in [-0.3, -0.25) is 9.48 Å². The van der Waals surface area contributed by atoms with Crippen molar-refractivity contribution in [2.75, 3.05) is 26.3 Å². The zero-order valence-electron chi connectivity index (χ0n) is 14.2. The molecule has 0 unspecified atom stereocenters. The molecular weight excluding hydrogens is 308 g/mol. The van der Waals surface area contributed by atoms with Crippen molar-refractivity contribution in [3.05, 3.63) is 41.3 Å². The van der Waals surface area contributed by atoms with Gasteiger partial charge in [0.15, 0.2) is 0 Å². The largest absolute Gasteiger partial charge is 0.470 e. The molecule has 7 nitrogen and oxygen atoms in total. The molecule has 24 heavy (non-hydrogen) atoms. The number of aromatic nitrogens is 3. The third-order valence-electron chi connectivity index (χ3n) is 3.89. The molecule has 3 rings (SSSR count). The number of hydrogen-bond donors (Lipinski definition) is 0. The Labute approximate surface area is 141 Å². The van der Waals surface area contributed by atoms with E-state index in [0.717, 1.165) is 11.4 Å². The van der Waals surface area contributed by atoms with Crippen LogP contribution in [0.25, 0.3) is 0 Å². The third-order valence-corrected chi connectivity index (χ3v) is 3.89. The monoisotopic (exact) mass is 330 g/mol. The molecular formula is C17H22N4O3. The molecule has 1 fully saturated rings. The lowest BCUT2D eigenvalue weighted by Gasteiger charge is -2.24. The first-order chi connectivity index (χ1) is 11.5. The van der Waals surface area contributed by atoms with E-state index < -0.39 is 0 Å². The second-order valence-electron chi connectivity index (χ2n) is 5.98. The Morgan fingerprint density at radius 2 is 2.17 bits per heavy atom. The molecule has 2 aromatic heterocycles. The van der Waals surface area contributed by atoms with Crippen LogP contribution in [0.5, 0.6) is 5.88 Å². The van der Waals surface area contributed by atoms with Crippen molar-refractivity contribution in [3.63, 3.8) is 0 Å². The second kappa shape index (κ2) is 7.00. The lowest BCUT2D eigenvalue weighted by molar-refractivity contribution is 0.0627. The molecule has 2 aromatic rings. The highest BCUT2D eigenvalue weighted by Gasteiger charge is 2.26. The van der Waals surface area contributed by atoms with E-state index in [4.69, 9.17) is 9.47 Å². The Morgan fingerprint density at radius 1 is 1.33 bits per heavy atom. The lowest BCUT2D eigenvalue weighted by atomic mass is 10.3. The summed E-state index contributed by atoms with van der Waals surface area (Å²) < 4.78 is 13.1. The molecule has 128 valence electrons. The third kappa shape index (κ3) is 3.73. The highest BCUT2D eigenvalue weighted by atomic mass is 16.5. The van der Waals surface area contributed by atoms with Gasteiger partial charge >= 0.3 is 0 Å². The molecule has 0 saturated carbocycles. The van der Waals surface area contributed by atoms with E-state index in [-0.39, 0.29) is 12.0 Å². The molecule has 0 aromatic carbocycles. The standard InChI is InChI=1S/C17H22N4O3/c1-12-5-4-6-16(18-12)24-14-10-21(7-8-23-11-14)17(22)15-9-13(2)19-20(15)3/h4-6,9,14H,7-8,10-11H2,1-3H3/t14-/m1/s1. The van der Waals surface area contributed by atoms with E-state index in [0.29, 0.717) is 37.9 Å². The van der Waals surface area contributed by atoms with Gasteiger partial charge in [0.05, 0.1) is 25.5 Å². The molecule has 1 atom stereocenters. The minimum atomic E-state index is -0.250. The van der Waals surface area contributed by atoms with Gasteiger partial charge in [-0.05, 0) is 26.0 Å². The predicted octanol–water partition coefficient (Wildman–Crippen LogP) is 1.35. The molecule has 1 aliphatic heterocycles. The van der Waals surface area contributed by atoms with Crippen LogP contribution >= 0.6 is 0 Å². The maximum absolute atomic E-state index is 12.8. The Bertz CT molecular complexity index is 728. The van der Waals surface area contributed by atoms with Crippen LogP contribution in [0.15, 0.2) is 24.3 Å². The molecule has 1 aliphatic rings. The van der Waals surface area contributed by atoms with Crippen LogP contribution in [-0.4, -0.2) is 58.0 Å². The van der Waals surface area contributed by atoms with Gasteiger partial charge in [0.1, 0.15) is 11.8 Å². The number of amides is 1. The average Bonchev–Trinajstić information content (AvgIpc) is 2.73. The Morgan fingerprint density at radius 3 is 2.88 bits per heavy atom. The Kier molecular flexibility index (Phi) is 4.80.